The zero-order chi connectivity index (χ0) is 18.5. The average molecular weight is 340 g/mol. The predicted molar refractivity (Wildman–Crippen MR) is 89.8 cm³/mol. The van der Waals surface area contributed by atoms with Crippen molar-refractivity contribution < 1.29 is 19.4 Å². The molecule has 2 amide bonds. The second kappa shape index (κ2) is 8.14. The Bertz CT molecular complexity index is 563. The van der Waals surface area contributed by atoms with E-state index in [1.54, 1.807) is 44.8 Å². The molecule has 0 spiro atoms. The SMILES string of the molecule is CC(C)n1ccc(C(=O)N(C)C[C@@H](O)CNC(=O)OC(C)(C)C)n1. The van der Waals surface area contributed by atoms with E-state index >= 15 is 0 Å². The number of likely N-dealkylation sites (N-methyl/N-ethyl adjacent to an activating group) is 1. The minimum atomic E-state index is -0.904. The molecule has 0 aliphatic carbocycles. The van der Waals surface area contributed by atoms with Crippen LogP contribution in [0, 0.1) is 0 Å². The highest BCUT2D eigenvalue weighted by molar-refractivity contribution is 5.92. The molecule has 0 aromatic carbocycles. The maximum atomic E-state index is 12.3. The number of aliphatic hydroxyl groups excluding tert-OH is 1. The molecule has 0 saturated carbocycles. The molecule has 8 heteroatoms. The molecule has 1 atom stereocenters. The zero-order valence-electron chi connectivity index (χ0n) is 15.2. The number of hydrogen-bond acceptors (Lipinski definition) is 5. The van der Waals surface area contributed by atoms with Crippen molar-refractivity contribution >= 4 is 12.0 Å². The minimum absolute atomic E-state index is 0.00698. The smallest absolute Gasteiger partial charge is 0.407 e. The van der Waals surface area contributed by atoms with Crippen LogP contribution in [0.3, 0.4) is 0 Å². The van der Waals surface area contributed by atoms with Crippen molar-refractivity contribution in [1.29, 1.82) is 0 Å². The Kier molecular flexibility index (Phi) is 6.77. The Hall–Kier alpha value is -2.09. The Morgan fingerprint density at radius 3 is 2.54 bits per heavy atom. The third-order valence-corrected chi connectivity index (χ3v) is 3.07. The number of amides is 2. The van der Waals surface area contributed by atoms with Gasteiger partial charge in [-0.2, -0.15) is 5.10 Å². The number of nitrogens with one attached hydrogen (secondary N) is 1. The molecule has 1 rings (SSSR count). The van der Waals surface area contributed by atoms with Crippen molar-refractivity contribution in [2.24, 2.45) is 0 Å². The van der Waals surface area contributed by atoms with Gasteiger partial charge in [-0.3, -0.25) is 9.48 Å². The van der Waals surface area contributed by atoms with E-state index < -0.39 is 17.8 Å². The summed E-state index contributed by atoms with van der Waals surface area (Å²) in [6, 6.07) is 1.81. The highest BCUT2D eigenvalue weighted by Crippen LogP contribution is 2.08. The summed E-state index contributed by atoms with van der Waals surface area (Å²) < 4.78 is 6.78. The fourth-order valence-electron chi connectivity index (χ4n) is 1.91. The van der Waals surface area contributed by atoms with Crippen LogP contribution in [0.25, 0.3) is 0 Å². The van der Waals surface area contributed by atoms with Crippen LogP contribution >= 0.6 is 0 Å². The van der Waals surface area contributed by atoms with Gasteiger partial charge in [0.1, 0.15) is 11.3 Å². The van der Waals surface area contributed by atoms with E-state index in [1.807, 2.05) is 13.8 Å². The van der Waals surface area contributed by atoms with Crippen molar-refractivity contribution in [3.05, 3.63) is 18.0 Å². The van der Waals surface area contributed by atoms with Gasteiger partial charge in [-0.15, -0.1) is 0 Å². The Morgan fingerprint density at radius 1 is 1.42 bits per heavy atom. The third kappa shape index (κ3) is 6.57. The molecule has 1 heterocycles. The molecule has 1 aromatic rings. The first-order valence-corrected chi connectivity index (χ1v) is 7.95. The van der Waals surface area contributed by atoms with Crippen molar-refractivity contribution in [3.63, 3.8) is 0 Å². The maximum absolute atomic E-state index is 12.3. The van der Waals surface area contributed by atoms with Gasteiger partial charge < -0.3 is 20.1 Å². The van der Waals surface area contributed by atoms with Crippen LogP contribution in [-0.2, 0) is 4.74 Å². The quantitative estimate of drug-likeness (QED) is 0.816. The molecule has 2 N–H and O–H groups in total. The van der Waals surface area contributed by atoms with Crippen LogP contribution in [0.4, 0.5) is 4.79 Å². The fourth-order valence-corrected chi connectivity index (χ4v) is 1.91. The number of rotatable bonds is 6. The lowest BCUT2D eigenvalue weighted by Crippen LogP contribution is -2.42. The van der Waals surface area contributed by atoms with E-state index in [0.29, 0.717) is 5.69 Å². The average Bonchev–Trinajstić information content (AvgIpc) is 2.92. The first-order chi connectivity index (χ1) is 11.0. The number of hydrogen-bond donors (Lipinski definition) is 2. The summed E-state index contributed by atoms with van der Waals surface area (Å²) in [7, 11) is 1.58. The highest BCUT2D eigenvalue weighted by Gasteiger charge is 2.20. The highest BCUT2D eigenvalue weighted by atomic mass is 16.6. The van der Waals surface area contributed by atoms with Crippen molar-refractivity contribution in [1.82, 2.24) is 20.0 Å². The Morgan fingerprint density at radius 2 is 2.04 bits per heavy atom. The van der Waals surface area contributed by atoms with Gasteiger partial charge in [0.05, 0.1) is 6.10 Å². The van der Waals surface area contributed by atoms with Gasteiger partial charge in [-0.05, 0) is 40.7 Å². The standard InChI is InChI=1S/C16H28N4O4/c1-11(2)20-8-7-13(18-20)14(22)19(6)10-12(21)9-17-15(23)24-16(3,4)5/h7-8,11-12,21H,9-10H2,1-6H3,(H,17,23)/t12-/m0/s1. The molecule has 0 radical (unpaired) electrons. The lowest BCUT2D eigenvalue weighted by atomic mass is 10.2. The lowest BCUT2D eigenvalue weighted by Gasteiger charge is -2.22. The molecule has 0 saturated heterocycles. The summed E-state index contributed by atoms with van der Waals surface area (Å²) in [6.07, 6.45) is 0.233. The lowest BCUT2D eigenvalue weighted by molar-refractivity contribution is 0.0468. The third-order valence-electron chi connectivity index (χ3n) is 3.07. The van der Waals surface area contributed by atoms with Gasteiger partial charge in [0.15, 0.2) is 0 Å². The molecule has 0 aliphatic heterocycles. The van der Waals surface area contributed by atoms with Crippen LogP contribution < -0.4 is 5.32 Å². The molecule has 136 valence electrons. The van der Waals surface area contributed by atoms with Gasteiger partial charge >= 0.3 is 6.09 Å². The molecular weight excluding hydrogens is 312 g/mol. The molecule has 24 heavy (non-hydrogen) atoms. The second-order valence-corrected chi connectivity index (χ2v) is 7.00. The van der Waals surface area contributed by atoms with Crippen LogP contribution in [0.2, 0.25) is 0 Å². The maximum Gasteiger partial charge on any atom is 0.407 e. The molecule has 0 fully saturated rings. The van der Waals surface area contributed by atoms with E-state index in [4.69, 9.17) is 4.74 Å². The van der Waals surface area contributed by atoms with E-state index in [1.165, 1.54) is 4.90 Å². The number of ether oxygens (including phenoxy) is 1. The summed E-state index contributed by atoms with van der Waals surface area (Å²) in [4.78, 5) is 25.2. The first kappa shape index (κ1) is 20.0. The second-order valence-electron chi connectivity index (χ2n) is 7.00. The normalized spacial score (nSPS) is 12.8. The number of alkyl carbamates (subject to hydrolysis) is 1. The zero-order valence-corrected chi connectivity index (χ0v) is 15.2. The summed E-state index contributed by atoms with van der Waals surface area (Å²) >= 11 is 0. The van der Waals surface area contributed by atoms with Crippen molar-refractivity contribution in [2.45, 2.75) is 52.4 Å². The van der Waals surface area contributed by atoms with E-state index in [9.17, 15) is 14.7 Å². The molecule has 8 nitrogen and oxygen atoms in total. The molecule has 0 bridgehead atoms. The number of aromatic nitrogens is 2. The molecular formula is C16H28N4O4. The Balaban J connectivity index is 2.46. The monoisotopic (exact) mass is 340 g/mol. The summed E-state index contributed by atoms with van der Waals surface area (Å²) in [5.41, 5.74) is -0.282. The largest absolute Gasteiger partial charge is 0.444 e. The van der Waals surface area contributed by atoms with Crippen molar-refractivity contribution in [2.75, 3.05) is 20.1 Å². The van der Waals surface area contributed by atoms with Crippen molar-refractivity contribution in [3.8, 4) is 0 Å². The van der Waals surface area contributed by atoms with E-state index in [-0.39, 0.29) is 25.0 Å². The molecule has 0 unspecified atom stereocenters. The van der Waals surface area contributed by atoms with Crippen LogP contribution in [0.5, 0.6) is 0 Å². The van der Waals surface area contributed by atoms with E-state index in [0.717, 1.165) is 0 Å². The van der Waals surface area contributed by atoms with Gasteiger partial charge in [0.2, 0.25) is 0 Å². The van der Waals surface area contributed by atoms with Crippen LogP contribution in [0.1, 0.15) is 51.1 Å². The number of aliphatic hydroxyl groups is 1. The topological polar surface area (TPSA) is 96.7 Å². The summed E-state index contributed by atoms with van der Waals surface area (Å²) in [6.45, 7) is 9.27. The van der Waals surface area contributed by atoms with Gasteiger partial charge in [0.25, 0.3) is 5.91 Å². The Labute approximate surface area is 142 Å². The van der Waals surface area contributed by atoms with E-state index in [2.05, 4.69) is 10.4 Å². The first-order valence-electron chi connectivity index (χ1n) is 7.95. The fraction of sp³-hybridized carbons (Fsp3) is 0.688. The number of carbonyl (C=O) groups excluding carboxylic acids is 2. The van der Waals surface area contributed by atoms with Crippen LogP contribution in [-0.4, -0.2) is 63.6 Å². The summed E-state index contributed by atoms with van der Waals surface area (Å²) in [5.74, 6) is -0.286. The van der Waals surface area contributed by atoms with Gasteiger partial charge in [-0.1, -0.05) is 0 Å². The molecule has 0 aliphatic rings. The van der Waals surface area contributed by atoms with Crippen LogP contribution in [0.15, 0.2) is 12.3 Å². The minimum Gasteiger partial charge on any atom is -0.444 e. The number of nitrogens with zero attached hydrogens (tertiary/aromatic N) is 3. The number of carbonyl (C=O) groups is 2. The predicted octanol–water partition coefficient (Wildman–Crippen LogP) is 1.42. The van der Waals surface area contributed by atoms with Gasteiger partial charge in [-0.25, -0.2) is 4.79 Å². The summed E-state index contributed by atoms with van der Waals surface area (Å²) in [5, 5.41) is 16.6. The molecule has 1 aromatic heterocycles. The van der Waals surface area contributed by atoms with Gasteiger partial charge in [0, 0.05) is 32.4 Å².